The predicted molar refractivity (Wildman–Crippen MR) is 101 cm³/mol. The standard InChI is InChI=1S/C20H16F3NO4S/c21-20(22,23)28-17-9-11-19(12-10-17)29(25,26)24-16-7-4-8-18(13-16)27-14-15-5-2-1-3-6-15/h1-13,24H,14H2. The number of benzene rings is 3. The molecule has 0 spiro atoms. The van der Waals surface area contributed by atoms with Gasteiger partial charge in [-0.25, -0.2) is 8.42 Å². The van der Waals surface area contributed by atoms with Crippen molar-refractivity contribution in [2.24, 2.45) is 0 Å². The van der Waals surface area contributed by atoms with Gasteiger partial charge in [-0.3, -0.25) is 4.72 Å². The third-order valence-electron chi connectivity index (χ3n) is 3.70. The normalized spacial score (nSPS) is 11.7. The van der Waals surface area contributed by atoms with E-state index in [0.29, 0.717) is 12.4 Å². The van der Waals surface area contributed by atoms with Crippen molar-refractivity contribution in [2.45, 2.75) is 17.9 Å². The highest BCUT2D eigenvalue weighted by Crippen LogP contribution is 2.25. The van der Waals surface area contributed by atoms with Crippen molar-refractivity contribution < 1.29 is 31.1 Å². The van der Waals surface area contributed by atoms with Crippen molar-refractivity contribution in [3.63, 3.8) is 0 Å². The number of halogens is 3. The number of hydrogen-bond donors (Lipinski definition) is 1. The van der Waals surface area contributed by atoms with E-state index in [1.807, 2.05) is 30.3 Å². The highest BCUT2D eigenvalue weighted by atomic mass is 32.2. The average Bonchev–Trinajstić information content (AvgIpc) is 2.66. The summed E-state index contributed by atoms with van der Waals surface area (Å²) >= 11 is 0. The van der Waals surface area contributed by atoms with Crippen LogP contribution in [0.4, 0.5) is 18.9 Å². The van der Waals surface area contributed by atoms with Crippen molar-refractivity contribution in [1.82, 2.24) is 0 Å². The van der Waals surface area contributed by atoms with Gasteiger partial charge in [0.05, 0.1) is 10.6 Å². The van der Waals surface area contributed by atoms with Crippen LogP contribution in [0.3, 0.4) is 0 Å². The summed E-state index contributed by atoms with van der Waals surface area (Å²) in [4.78, 5) is -0.206. The predicted octanol–water partition coefficient (Wildman–Crippen LogP) is 4.97. The van der Waals surface area contributed by atoms with Gasteiger partial charge in [-0.1, -0.05) is 36.4 Å². The molecule has 0 fully saturated rings. The third-order valence-corrected chi connectivity index (χ3v) is 5.10. The van der Waals surface area contributed by atoms with Gasteiger partial charge >= 0.3 is 6.36 Å². The molecule has 0 saturated heterocycles. The summed E-state index contributed by atoms with van der Waals surface area (Å²) in [6.07, 6.45) is -4.85. The van der Waals surface area contributed by atoms with Gasteiger partial charge in [0.1, 0.15) is 18.1 Å². The Morgan fingerprint density at radius 3 is 2.17 bits per heavy atom. The van der Waals surface area contributed by atoms with Gasteiger partial charge in [-0.05, 0) is 42.0 Å². The van der Waals surface area contributed by atoms with Crippen molar-refractivity contribution in [3.8, 4) is 11.5 Å². The van der Waals surface area contributed by atoms with Crippen LogP contribution in [0.5, 0.6) is 11.5 Å². The molecule has 0 aliphatic heterocycles. The van der Waals surface area contributed by atoms with Crippen molar-refractivity contribution in [2.75, 3.05) is 4.72 Å². The molecule has 1 N–H and O–H groups in total. The summed E-state index contributed by atoms with van der Waals surface area (Å²) in [7, 11) is -4.00. The van der Waals surface area contributed by atoms with E-state index < -0.39 is 22.1 Å². The van der Waals surface area contributed by atoms with Crippen molar-refractivity contribution in [3.05, 3.63) is 84.4 Å². The van der Waals surface area contributed by atoms with E-state index in [1.165, 1.54) is 12.1 Å². The molecule has 0 aliphatic rings. The Kier molecular flexibility index (Phi) is 5.97. The Labute approximate surface area is 165 Å². The van der Waals surface area contributed by atoms with E-state index in [-0.39, 0.29) is 10.6 Å². The minimum atomic E-state index is -4.85. The Hall–Kier alpha value is -3.20. The fourth-order valence-electron chi connectivity index (χ4n) is 2.42. The SMILES string of the molecule is O=S(=O)(Nc1cccc(OCc2ccccc2)c1)c1ccc(OC(F)(F)F)cc1. The Balaban J connectivity index is 1.68. The first-order chi connectivity index (χ1) is 13.7. The molecule has 0 radical (unpaired) electrons. The molecule has 5 nitrogen and oxygen atoms in total. The quantitative estimate of drug-likeness (QED) is 0.583. The number of ether oxygens (including phenoxy) is 2. The van der Waals surface area contributed by atoms with Crippen LogP contribution in [-0.2, 0) is 16.6 Å². The molecule has 29 heavy (non-hydrogen) atoms. The fraction of sp³-hybridized carbons (Fsp3) is 0.100. The Morgan fingerprint density at radius 1 is 0.828 bits per heavy atom. The van der Waals surface area contributed by atoms with E-state index in [1.54, 1.807) is 12.1 Å². The maximum absolute atomic E-state index is 12.5. The first-order valence-electron chi connectivity index (χ1n) is 8.37. The second-order valence-electron chi connectivity index (χ2n) is 5.93. The number of sulfonamides is 1. The summed E-state index contributed by atoms with van der Waals surface area (Å²) in [6.45, 7) is 0.317. The lowest BCUT2D eigenvalue weighted by atomic mass is 10.2. The summed E-state index contributed by atoms with van der Waals surface area (Å²) in [5, 5.41) is 0. The molecule has 9 heteroatoms. The molecule has 152 valence electrons. The largest absolute Gasteiger partial charge is 0.573 e. The van der Waals surface area contributed by atoms with Gasteiger partial charge in [0, 0.05) is 6.07 Å². The second kappa shape index (κ2) is 8.44. The van der Waals surface area contributed by atoms with Gasteiger partial charge in [-0.15, -0.1) is 13.2 Å². The lowest BCUT2D eigenvalue weighted by Gasteiger charge is -2.12. The monoisotopic (exact) mass is 423 g/mol. The zero-order valence-corrected chi connectivity index (χ0v) is 15.7. The number of anilines is 1. The summed E-state index contributed by atoms with van der Waals surface area (Å²) in [5.74, 6) is -0.0456. The van der Waals surface area contributed by atoms with Crippen LogP contribution in [-0.4, -0.2) is 14.8 Å². The minimum Gasteiger partial charge on any atom is -0.489 e. The average molecular weight is 423 g/mol. The van der Waals surface area contributed by atoms with E-state index in [9.17, 15) is 21.6 Å². The van der Waals surface area contributed by atoms with Crippen LogP contribution >= 0.6 is 0 Å². The van der Waals surface area contributed by atoms with Crippen molar-refractivity contribution in [1.29, 1.82) is 0 Å². The Bertz CT molecular complexity index is 1050. The molecular weight excluding hydrogens is 407 g/mol. The highest BCUT2D eigenvalue weighted by molar-refractivity contribution is 7.92. The number of nitrogens with one attached hydrogen (secondary N) is 1. The maximum atomic E-state index is 12.5. The first-order valence-corrected chi connectivity index (χ1v) is 9.85. The molecule has 3 aromatic carbocycles. The Morgan fingerprint density at radius 2 is 1.52 bits per heavy atom. The molecule has 0 amide bonds. The van der Waals surface area contributed by atoms with Gasteiger partial charge in [0.25, 0.3) is 10.0 Å². The van der Waals surface area contributed by atoms with Gasteiger partial charge in [0.2, 0.25) is 0 Å². The third kappa shape index (κ3) is 6.15. The molecular formula is C20H16F3NO4S. The molecule has 0 unspecified atom stereocenters. The molecule has 0 aromatic heterocycles. The lowest BCUT2D eigenvalue weighted by molar-refractivity contribution is -0.274. The fourth-order valence-corrected chi connectivity index (χ4v) is 3.47. The van der Waals surface area contributed by atoms with Crippen molar-refractivity contribution >= 4 is 15.7 Å². The summed E-state index contributed by atoms with van der Waals surface area (Å²) in [6, 6.07) is 19.7. The minimum absolute atomic E-state index is 0.206. The zero-order chi connectivity index (χ0) is 20.9. The topological polar surface area (TPSA) is 64.6 Å². The van der Waals surface area contributed by atoms with Gasteiger partial charge < -0.3 is 9.47 Å². The lowest BCUT2D eigenvalue weighted by Crippen LogP contribution is -2.17. The van der Waals surface area contributed by atoms with Gasteiger partial charge in [0.15, 0.2) is 0 Å². The molecule has 0 saturated carbocycles. The van der Waals surface area contributed by atoms with Gasteiger partial charge in [-0.2, -0.15) is 0 Å². The number of alkyl halides is 3. The molecule has 3 aromatic rings. The van der Waals surface area contributed by atoms with E-state index in [4.69, 9.17) is 4.74 Å². The van der Waals surface area contributed by atoms with Crippen LogP contribution in [0, 0.1) is 0 Å². The first kappa shape index (κ1) is 20.5. The second-order valence-corrected chi connectivity index (χ2v) is 7.61. The molecule has 0 heterocycles. The molecule has 0 bridgehead atoms. The molecule has 3 rings (SSSR count). The number of hydrogen-bond acceptors (Lipinski definition) is 4. The van der Waals surface area contributed by atoms with E-state index >= 15 is 0 Å². The van der Waals surface area contributed by atoms with Crippen LogP contribution in [0.25, 0.3) is 0 Å². The van der Waals surface area contributed by atoms with Crippen LogP contribution < -0.4 is 14.2 Å². The number of rotatable bonds is 7. The summed E-state index contributed by atoms with van der Waals surface area (Å²) in [5.41, 5.74) is 1.21. The maximum Gasteiger partial charge on any atom is 0.573 e. The van der Waals surface area contributed by atoms with E-state index in [2.05, 4.69) is 9.46 Å². The molecule has 0 aliphatic carbocycles. The highest BCUT2D eigenvalue weighted by Gasteiger charge is 2.31. The smallest absolute Gasteiger partial charge is 0.489 e. The van der Waals surface area contributed by atoms with Crippen LogP contribution in [0.2, 0.25) is 0 Å². The van der Waals surface area contributed by atoms with Crippen LogP contribution in [0.1, 0.15) is 5.56 Å². The zero-order valence-electron chi connectivity index (χ0n) is 14.9. The van der Waals surface area contributed by atoms with Crippen LogP contribution in [0.15, 0.2) is 83.8 Å². The molecule has 0 atom stereocenters. The van der Waals surface area contributed by atoms with E-state index in [0.717, 1.165) is 29.8 Å². The summed E-state index contributed by atoms with van der Waals surface area (Å²) < 4.78 is 73.3.